The van der Waals surface area contributed by atoms with E-state index in [4.69, 9.17) is 5.73 Å². The summed E-state index contributed by atoms with van der Waals surface area (Å²) < 4.78 is 0. The van der Waals surface area contributed by atoms with Crippen molar-refractivity contribution in [1.29, 1.82) is 0 Å². The highest BCUT2D eigenvalue weighted by molar-refractivity contribution is 8.13. The Morgan fingerprint density at radius 2 is 1.89 bits per heavy atom. The molecule has 8 heteroatoms. The zero-order valence-corrected chi connectivity index (χ0v) is 16.7. The molecule has 2 aliphatic heterocycles. The van der Waals surface area contributed by atoms with Crippen LogP contribution in [-0.2, 0) is 5.54 Å². The smallest absolute Gasteiger partial charge is 0.253 e. The summed E-state index contributed by atoms with van der Waals surface area (Å²) in [5, 5.41) is 0.615. The number of amides is 1. The van der Waals surface area contributed by atoms with E-state index < -0.39 is 0 Å². The van der Waals surface area contributed by atoms with Crippen LogP contribution in [0.25, 0.3) is 0 Å². The Morgan fingerprint density at radius 1 is 1.14 bits per heavy atom. The molecule has 0 saturated carbocycles. The van der Waals surface area contributed by atoms with Crippen LogP contribution >= 0.6 is 11.8 Å². The van der Waals surface area contributed by atoms with E-state index in [9.17, 15) is 4.79 Å². The maximum atomic E-state index is 13.1. The first-order valence-electron chi connectivity index (χ1n) is 9.45. The number of anilines is 1. The van der Waals surface area contributed by atoms with Crippen LogP contribution < -0.4 is 10.6 Å². The minimum atomic E-state index is -0.366. The fraction of sp³-hybridized carbons (Fsp3) is 0.400. The van der Waals surface area contributed by atoms with Gasteiger partial charge in [-0.15, -0.1) is 0 Å². The summed E-state index contributed by atoms with van der Waals surface area (Å²) in [6, 6.07) is 9.64. The molecule has 2 N–H and O–H groups in total. The SMILES string of the molecule is CC1(c2cccc(C(=O)N3CCN(c4ncccn4)CC3)c2)CCSC(N)=N1. The third-order valence-corrected chi connectivity index (χ3v) is 6.12. The monoisotopic (exact) mass is 396 g/mol. The van der Waals surface area contributed by atoms with E-state index in [1.165, 1.54) is 0 Å². The lowest BCUT2D eigenvalue weighted by molar-refractivity contribution is 0.0746. The third kappa shape index (κ3) is 3.82. The maximum Gasteiger partial charge on any atom is 0.253 e. The fourth-order valence-corrected chi connectivity index (χ4v) is 4.60. The van der Waals surface area contributed by atoms with E-state index in [2.05, 4.69) is 26.8 Å². The highest BCUT2D eigenvalue weighted by atomic mass is 32.2. The van der Waals surface area contributed by atoms with E-state index >= 15 is 0 Å². The first-order chi connectivity index (χ1) is 13.5. The molecule has 0 aliphatic carbocycles. The molecule has 0 bridgehead atoms. The molecule has 7 nitrogen and oxygen atoms in total. The number of aromatic nitrogens is 2. The molecule has 3 heterocycles. The normalized spacial score (nSPS) is 22.7. The molecule has 0 radical (unpaired) electrons. The molecule has 4 rings (SSSR count). The highest BCUT2D eigenvalue weighted by Crippen LogP contribution is 2.35. The van der Waals surface area contributed by atoms with Gasteiger partial charge in [0.05, 0.1) is 5.54 Å². The summed E-state index contributed by atoms with van der Waals surface area (Å²) in [5.74, 6) is 1.71. The number of rotatable bonds is 3. The number of amidine groups is 1. The molecule has 28 heavy (non-hydrogen) atoms. The third-order valence-electron chi connectivity index (χ3n) is 5.33. The van der Waals surface area contributed by atoms with Crippen LogP contribution in [-0.4, -0.2) is 57.9 Å². The van der Waals surface area contributed by atoms with Gasteiger partial charge < -0.3 is 15.5 Å². The van der Waals surface area contributed by atoms with Crippen molar-refractivity contribution in [3.8, 4) is 0 Å². The summed E-state index contributed by atoms with van der Waals surface area (Å²) in [7, 11) is 0. The van der Waals surface area contributed by atoms with E-state index in [0.717, 1.165) is 36.8 Å². The van der Waals surface area contributed by atoms with Crippen molar-refractivity contribution < 1.29 is 4.79 Å². The van der Waals surface area contributed by atoms with Crippen molar-refractivity contribution in [2.24, 2.45) is 10.7 Å². The van der Waals surface area contributed by atoms with Crippen LogP contribution in [0.15, 0.2) is 47.7 Å². The summed E-state index contributed by atoms with van der Waals surface area (Å²) in [6.45, 7) is 4.85. The standard InChI is InChI=1S/C20H24N6OS/c1-20(6-13-28-18(21)24-20)16-5-2-4-15(14-16)17(27)25-9-11-26(12-10-25)19-22-7-3-8-23-19/h2-5,7-8,14H,6,9-13H2,1H3,(H2,21,24). The number of carbonyl (C=O) groups excluding carboxylic acids is 1. The number of nitrogens with zero attached hydrogens (tertiary/aromatic N) is 5. The molecular weight excluding hydrogens is 372 g/mol. The average molecular weight is 397 g/mol. The number of piperazine rings is 1. The Bertz CT molecular complexity index is 881. The molecule has 2 aromatic rings. The molecule has 1 aromatic carbocycles. The second kappa shape index (κ2) is 7.79. The lowest BCUT2D eigenvalue weighted by atomic mass is 9.88. The van der Waals surface area contributed by atoms with Gasteiger partial charge in [0.25, 0.3) is 5.91 Å². The van der Waals surface area contributed by atoms with Gasteiger partial charge in [0.15, 0.2) is 5.17 Å². The lowest BCUT2D eigenvalue weighted by Crippen LogP contribution is -2.49. The van der Waals surface area contributed by atoms with Gasteiger partial charge >= 0.3 is 0 Å². The summed E-state index contributed by atoms with van der Waals surface area (Å²) in [6.07, 6.45) is 4.39. The molecule has 1 amide bonds. The molecule has 1 saturated heterocycles. The molecule has 2 aliphatic rings. The molecule has 0 spiro atoms. The van der Waals surface area contributed by atoms with Crippen LogP contribution in [0.1, 0.15) is 29.3 Å². The van der Waals surface area contributed by atoms with Crippen molar-refractivity contribution in [3.63, 3.8) is 0 Å². The molecule has 1 fully saturated rings. The van der Waals surface area contributed by atoms with Gasteiger partial charge in [-0.05, 0) is 37.1 Å². The zero-order valence-electron chi connectivity index (χ0n) is 15.9. The summed E-state index contributed by atoms with van der Waals surface area (Å²) in [4.78, 5) is 30.3. The van der Waals surface area contributed by atoms with Gasteiger partial charge in [0, 0.05) is 49.9 Å². The van der Waals surface area contributed by atoms with Crippen LogP contribution in [0.3, 0.4) is 0 Å². The molecule has 1 atom stereocenters. The molecule has 1 unspecified atom stereocenters. The lowest BCUT2D eigenvalue weighted by Gasteiger charge is -2.35. The molecular formula is C20H24N6OS. The average Bonchev–Trinajstić information content (AvgIpc) is 2.74. The summed E-state index contributed by atoms with van der Waals surface area (Å²) >= 11 is 1.58. The van der Waals surface area contributed by atoms with E-state index in [-0.39, 0.29) is 11.4 Å². The van der Waals surface area contributed by atoms with Crippen molar-refractivity contribution in [2.45, 2.75) is 18.9 Å². The largest absolute Gasteiger partial charge is 0.379 e. The highest BCUT2D eigenvalue weighted by Gasteiger charge is 2.30. The van der Waals surface area contributed by atoms with Crippen LogP contribution in [0, 0.1) is 0 Å². The van der Waals surface area contributed by atoms with Crippen molar-refractivity contribution in [1.82, 2.24) is 14.9 Å². The summed E-state index contributed by atoms with van der Waals surface area (Å²) in [5.41, 5.74) is 7.32. The Labute approximate surface area is 169 Å². The van der Waals surface area contributed by atoms with Gasteiger partial charge in [-0.25, -0.2) is 9.97 Å². The quantitative estimate of drug-likeness (QED) is 0.855. The second-order valence-electron chi connectivity index (χ2n) is 7.23. The van der Waals surface area contributed by atoms with E-state index in [1.54, 1.807) is 30.2 Å². The Hall–Kier alpha value is -2.61. The Kier molecular flexibility index (Phi) is 5.21. The van der Waals surface area contributed by atoms with Crippen molar-refractivity contribution in [2.75, 3.05) is 36.8 Å². The number of hydrogen-bond donors (Lipinski definition) is 1. The van der Waals surface area contributed by atoms with Gasteiger partial charge in [-0.2, -0.15) is 0 Å². The second-order valence-corrected chi connectivity index (χ2v) is 8.35. The fourth-order valence-electron chi connectivity index (χ4n) is 3.63. The van der Waals surface area contributed by atoms with E-state index in [0.29, 0.717) is 23.8 Å². The number of aliphatic imine (C=N–C) groups is 1. The van der Waals surface area contributed by atoms with Crippen molar-refractivity contribution >= 4 is 28.8 Å². The number of hydrogen-bond acceptors (Lipinski definition) is 7. The number of carbonyl (C=O) groups is 1. The van der Waals surface area contributed by atoms with Crippen LogP contribution in [0.4, 0.5) is 5.95 Å². The Morgan fingerprint density at radius 3 is 2.61 bits per heavy atom. The minimum absolute atomic E-state index is 0.0567. The van der Waals surface area contributed by atoms with Gasteiger partial charge in [0.1, 0.15) is 0 Å². The maximum absolute atomic E-state index is 13.1. The predicted octanol–water partition coefficient (Wildman–Crippen LogP) is 2.11. The minimum Gasteiger partial charge on any atom is -0.379 e. The predicted molar refractivity (Wildman–Crippen MR) is 113 cm³/mol. The Balaban J connectivity index is 1.47. The van der Waals surface area contributed by atoms with Gasteiger partial charge in [-0.1, -0.05) is 23.9 Å². The number of benzene rings is 1. The molecule has 1 aromatic heterocycles. The molecule has 146 valence electrons. The topological polar surface area (TPSA) is 87.7 Å². The first-order valence-corrected chi connectivity index (χ1v) is 10.4. The first kappa shape index (κ1) is 18.7. The van der Waals surface area contributed by atoms with Crippen molar-refractivity contribution in [3.05, 3.63) is 53.9 Å². The number of nitrogens with two attached hydrogens (primary N) is 1. The van der Waals surface area contributed by atoms with Crippen LogP contribution in [0.2, 0.25) is 0 Å². The van der Waals surface area contributed by atoms with E-state index in [1.807, 2.05) is 29.2 Å². The number of thioether (sulfide) groups is 1. The van der Waals surface area contributed by atoms with Gasteiger partial charge in [0.2, 0.25) is 5.95 Å². The van der Waals surface area contributed by atoms with Crippen LogP contribution in [0.5, 0.6) is 0 Å². The zero-order chi connectivity index (χ0) is 19.6. The van der Waals surface area contributed by atoms with Gasteiger partial charge in [-0.3, -0.25) is 9.79 Å².